The van der Waals surface area contributed by atoms with E-state index in [1.807, 2.05) is 42.1 Å². The molecule has 1 aromatic carbocycles. The van der Waals surface area contributed by atoms with Crippen LogP contribution in [-0.4, -0.2) is 42.0 Å². The lowest BCUT2D eigenvalue weighted by Gasteiger charge is -2.18. The molecule has 1 atom stereocenters. The molecule has 6 nitrogen and oxygen atoms in total. The Labute approximate surface area is 143 Å². The maximum atomic E-state index is 5.91. The predicted molar refractivity (Wildman–Crippen MR) is 97.5 cm³/mol. The van der Waals surface area contributed by atoms with Gasteiger partial charge in [0.25, 0.3) is 0 Å². The predicted octanol–water partition coefficient (Wildman–Crippen LogP) is 2.21. The summed E-state index contributed by atoms with van der Waals surface area (Å²) >= 11 is 0. The summed E-state index contributed by atoms with van der Waals surface area (Å²) < 4.78 is 7.83. The molecule has 2 rings (SSSR count). The molecule has 0 aliphatic rings. The smallest absolute Gasteiger partial charge is 0.191 e. The zero-order valence-electron chi connectivity index (χ0n) is 14.7. The highest BCUT2D eigenvalue weighted by molar-refractivity contribution is 5.79. The van der Waals surface area contributed by atoms with Crippen molar-refractivity contribution in [2.75, 3.05) is 20.1 Å². The van der Waals surface area contributed by atoms with Crippen LogP contribution < -0.4 is 15.4 Å². The first kappa shape index (κ1) is 17.8. The van der Waals surface area contributed by atoms with Crippen molar-refractivity contribution < 1.29 is 4.74 Å². The second kappa shape index (κ2) is 9.60. The van der Waals surface area contributed by atoms with E-state index in [0.29, 0.717) is 6.54 Å². The normalized spacial score (nSPS) is 12.7. The van der Waals surface area contributed by atoms with Crippen molar-refractivity contribution in [1.82, 2.24) is 20.4 Å². The molecule has 0 radical (unpaired) electrons. The van der Waals surface area contributed by atoms with Crippen molar-refractivity contribution in [2.45, 2.75) is 32.9 Å². The summed E-state index contributed by atoms with van der Waals surface area (Å²) in [5, 5.41) is 10.8. The van der Waals surface area contributed by atoms with Gasteiger partial charge in [-0.3, -0.25) is 9.67 Å². The Morgan fingerprint density at radius 1 is 1.33 bits per heavy atom. The van der Waals surface area contributed by atoms with E-state index in [1.54, 1.807) is 13.2 Å². The van der Waals surface area contributed by atoms with Crippen LogP contribution in [0, 0.1) is 6.92 Å². The molecule has 0 aliphatic carbocycles. The third-order valence-corrected chi connectivity index (χ3v) is 3.52. The van der Waals surface area contributed by atoms with E-state index in [4.69, 9.17) is 4.74 Å². The van der Waals surface area contributed by atoms with Crippen LogP contribution in [-0.2, 0) is 6.54 Å². The maximum absolute atomic E-state index is 5.91. The zero-order chi connectivity index (χ0) is 17.2. The summed E-state index contributed by atoms with van der Waals surface area (Å²) in [6.45, 7) is 6.52. The molecule has 24 heavy (non-hydrogen) atoms. The van der Waals surface area contributed by atoms with Gasteiger partial charge in [0.2, 0.25) is 0 Å². The highest BCUT2D eigenvalue weighted by atomic mass is 16.5. The second-order valence-corrected chi connectivity index (χ2v) is 5.75. The van der Waals surface area contributed by atoms with E-state index in [9.17, 15) is 0 Å². The number of benzene rings is 1. The molecule has 0 amide bonds. The fourth-order valence-electron chi connectivity index (χ4n) is 2.30. The zero-order valence-corrected chi connectivity index (χ0v) is 14.7. The number of guanidine groups is 1. The molecule has 0 saturated heterocycles. The molecular formula is C18H27N5O. The van der Waals surface area contributed by atoms with Crippen LogP contribution in [0.5, 0.6) is 5.75 Å². The van der Waals surface area contributed by atoms with Crippen molar-refractivity contribution in [3.05, 3.63) is 48.3 Å². The lowest BCUT2D eigenvalue weighted by molar-refractivity contribution is 0.223. The van der Waals surface area contributed by atoms with Crippen LogP contribution in [0.1, 0.15) is 18.9 Å². The van der Waals surface area contributed by atoms with Gasteiger partial charge in [0.1, 0.15) is 11.9 Å². The molecule has 6 heteroatoms. The van der Waals surface area contributed by atoms with E-state index in [0.717, 1.165) is 31.2 Å². The van der Waals surface area contributed by atoms with Gasteiger partial charge >= 0.3 is 0 Å². The van der Waals surface area contributed by atoms with E-state index in [2.05, 4.69) is 33.7 Å². The molecule has 1 unspecified atom stereocenters. The number of aryl methyl sites for hydroxylation is 2. The van der Waals surface area contributed by atoms with Gasteiger partial charge in [-0.2, -0.15) is 5.10 Å². The lowest BCUT2D eigenvalue weighted by atomic mass is 10.2. The number of aromatic nitrogens is 2. The molecule has 0 bridgehead atoms. The largest absolute Gasteiger partial charge is 0.489 e. The first-order valence-electron chi connectivity index (χ1n) is 8.32. The molecule has 0 fully saturated rings. The minimum absolute atomic E-state index is 0.0504. The molecule has 2 N–H and O–H groups in total. The Bertz CT molecular complexity index is 624. The average Bonchev–Trinajstić information content (AvgIpc) is 3.07. The van der Waals surface area contributed by atoms with E-state index < -0.39 is 0 Å². The summed E-state index contributed by atoms with van der Waals surface area (Å²) in [5.74, 6) is 1.68. The summed E-state index contributed by atoms with van der Waals surface area (Å²) in [5.41, 5.74) is 1.20. The highest BCUT2D eigenvalue weighted by Gasteiger charge is 2.05. The number of hydrogen-bond acceptors (Lipinski definition) is 3. The number of nitrogens with zero attached hydrogens (tertiary/aromatic N) is 3. The standard InChI is InChI=1S/C18H27N5O/c1-15-7-4-8-17(13-15)24-16(2)14-21-18(19-3)20-9-5-11-23-12-6-10-22-23/h4,6-8,10,12-13,16H,5,9,11,14H2,1-3H3,(H2,19,20,21). The first-order valence-corrected chi connectivity index (χ1v) is 8.32. The third-order valence-electron chi connectivity index (χ3n) is 3.52. The molecule has 2 aromatic rings. The van der Waals surface area contributed by atoms with Gasteiger partial charge < -0.3 is 15.4 Å². The summed E-state index contributed by atoms with van der Waals surface area (Å²) in [6, 6.07) is 10.0. The van der Waals surface area contributed by atoms with Gasteiger partial charge in [-0.1, -0.05) is 12.1 Å². The van der Waals surface area contributed by atoms with Gasteiger partial charge in [-0.25, -0.2) is 0 Å². The third kappa shape index (κ3) is 6.32. The molecule has 1 aromatic heterocycles. The quantitative estimate of drug-likeness (QED) is 0.443. The van der Waals surface area contributed by atoms with Crippen molar-refractivity contribution in [3.63, 3.8) is 0 Å². The Hall–Kier alpha value is -2.50. The number of rotatable bonds is 8. The van der Waals surface area contributed by atoms with Crippen molar-refractivity contribution in [1.29, 1.82) is 0 Å². The van der Waals surface area contributed by atoms with Gasteiger partial charge in [-0.15, -0.1) is 0 Å². The minimum atomic E-state index is 0.0504. The second-order valence-electron chi connectivity index (χ2n) is 5.75. The van der Waals surface area contributed by atoms with Crippen molar-refractivity contribution in [2.24, 2.45) is 4.99 Å². The Balaban J connectivity index is 1.65. The van der Waals surface area contributed by atoms with E-state index in [-0.39, 0.29) is 6.10 Å². The lowest BCUT2D eigenvalue weighted by Crippen LogP contribution is -2.42. The minimum Gasteiger partial charge on any atom is -0.489 e. The van der Waals surface area contributed by atoms with Gasteiger partial charge in [-0.05, 0) is 44.0 Å². The SMILES string of the molecule is CN=C(NCCCn1cccn1)NCC(C)Oc1cccc(C)c1. The molecule has 1 heterocycles. The molecule has 0 aliphatic heterocycles. The monoisotopic (exact) mass is 329 g/mol. The van der Waals surface area contributed by atoms with Crippen LogP contribution in [0.2, 0.25) is 0 Å². The topological polar surface area (TPSA) is 63.5 Å². The van der Waals surface area contributed by atoms with Crippen molar-refractivity contribution >= 4 is 5.96 Å². The van der Waals surface area contributed by atoms with Crippen LogP contribution in [0.15, 0.2) is 47.7 Å². The average molecular weight is 329 g/mol. The van der Waals surface area contributed by atoms with Crippen LogP contribution in [0.4, 0.5) is 0 Å². The van der Waals surface area contributed by atoms with Crippen LogP contribution in [0.3, 0.4) is 0 Å². The van der Waals surface area contributed by atoms with Crippen LogP contribution >= 0.6 is 0 Å². The maximum Gasteiger partial charge on any atom is 0.191 e. The Kier molecular flexibility index (Phi) is 7.14. The van der Waals surface area contributed by atoms with E-state index >= 15 is 0 Å². The van der Waals surface area contributed by atoms with E-state index in [1.165, 1.54) is 5.56 Å². The number of aliphatic imine (C=N–C) groups is 1. The number of ether oxygens (including phenoxy) is 1. The summed E-state index contributed by atoms with van der Waals surface area (Å²) in [6.07, 6.45) is 4.80. The first-order chi connectivity index (χ1) is 11.7. The van der Waals surface area contributed by atoms with Gasteiger partial charge in [0.05, 0.1) is 6.54 Å². The Morgan fingerprint density at radius 3 is 2.92 bits per heavy atom. The number of hydrogen-bond donors (Lipinski definition) is 2. The van der Waals surface area contributed by atoms with Gasteiger partial charge in [0.15, 0.2) is 5.96 Å². The fraction of sp³-hybridized carbons (Fsp3) is 0.444. The van der Waals surface area contributed by atoms with Gasteiger partial charge in [0, 0.05) is 32.5 Å². The highest BCUT2D eigenvalue weighted by Crippen LogP contribution is 2.13. The molecular weight excluding hydrogens is 302 g/mol. The fourth-order valence-corrected chi connectivity index (χ4v) is 2.30. The molecule has 0 saturated carbocycles. The Morgan fingerprint density at radius 2 is 2.21 bits per heavy atom. The van der Waals surface area contributed by atoms with Crippen LogP contribution in [0.25, 0.3) is 0 Å². The van der Waals surface area contributed by atoms with Crippen molar-refractivity contribution in [3.8, 4) is 5.75 Å². The molecule has 130 valence electrons. The summed E-state index contributed by atoms with van der Waals surface area (Å²) in [4.78, 5) is 4.23. The summed E-state index contributed by atoms with van der Waals surface area (Å²) in [7, 11) is 1.77. The molecule has 0 spiro atoms. The number of nitrogens with one attached hydrogen (secondary N) is 2.